The molecule has 1 aromatic heterocycles. The van der Waals surface area contributed by atoms with Gasteiger partial charge in [0.1, 0.15) is 0 Å². The van der Waals surface area contributed by atoms with Crippen molar-refractivity contribution in [2.45, 2.75) is 17.6 Å². The highest BCUT2D eigenvalue weighted by molar-refractivity contribution is 7.91. The van der Waals surface area contributed by atoms with Gasteiger partial charge in [0.05, 0.1) is 5.69 Å². The Morgan fingerprint density at radius 1 is 1.29 bits per heavy atom. The summed E-state index contributed by atoms with van der Waals surface area (Å²) in [5.74, 6) is 0. The molecule has 0 amide bonds. The molecule has 0 radical (unpaired) electrons. The third-order valence-corrected chi connectivity index (χ3v) is 6.59. The minimum atomic E-state index is -3.61. The van der Waals surface area contributed by atoms with E-state index in [9.17, 15) is 8.42 Å². The first-order valence-corrected chi connectivity index (χ1v) is 9.29. The average molecular weight is 386 g/mol. The maximum atomic E-state index is 12.1. The molecule has 114 valence electrons. The van der Waals surface area contributed by atoms with Crippen LogP contribution in [0.3, 0.4) is 0 Å². The van der Waals surface area contributed by atoms with Gasteiger partial charge in [0.25, 0.3) is 10.0 Å². The molecule has 9 heteroatoms. The maximum absolute atomic E-state index is 12.1. The van der Waals surface area contributed by atoms with Crippen LogP contribution in [-0.2, 0) is 16.4 Å². The van der Waals surface area contributed by atoms with Crippen molar-refractivity contribution in [1.82, 2.24) is 9.71 Å². The number of benzene rings is 1. The molecule has 0 atom stereocenters. The molecule has 1 heterocycles. The third-order valence-electron chi connectivity index (χ3n) is 2.67. The predicted molar refractivity (Wildman–Crippen MR) is 87.2 cm³/mol. The summed E-state index contributed by atoms with van der Waals surface area (Å²) < 4.78 is 27.1. The first-order chi connectivity index (χ1) is 9.79. The number of thiazole rings is 1. The zero-order valence-electron chi connectivity index (χ0n) is 10.9. The molecule has 0 fully saturated rings. The lowest BCUT2D eigenvalue weighted by Crippen LogP contribution is -2.25. The first-order valence-electron chi connectivity index (χ1n) is 5.86. The molecule has 0 spiro atoms. The van der Waals surface area contributed by atoms with Crippen LogP contribution in [0.1, 0.15) is 11.3 Å². The fourth-order valence-electron chi connectivity index (χ4n) is 1.71. The number of rotatable bonds is 5. The van der Waals surface area contributed by atoms with E-state index in [0.717, 1.165) is 16.9 Å². The Morgan fingerprint density at radius 2 is 2.00 bits per heavy atom. The van der Waals surface area contributed by atoms with Crippen molar-refractivity contribution < 1.29 is 8.42 Å². The molecule has 0 bridgehead atoms. The van der Waals surface area contributed by atoms with E-state index in [-0.39, 0.29) is 15.2 Å². The van der Waals surface area contributed by atoms with Gasteiger partial charge < -0.3 is 0 Å². The minimum absolute atomic E-state index is 0.134. The van der Waals surface area contributed by atoms with Gasteiger partial charge in [-0.1, -0.05) is 52.2 Å². The van der Waals surface area contributed by atoms with Crippen LogP contribution in [0.15, 0.2) is 22.4 Å². The van der Waals surface area contributed by atoms with Crippen LogP contribution in [0.25, 0.3) is 0 Å². The number of aromatic nitrogens is 1. The minimum Gasteiger partial charge on any atom is -0.229 e. The fraction of sp³-hybridized carbons (Fsp3) is 0.250. The monoisotopic (exact) mass is 384 g/mol. The quantitative estimate of drug-likeness (QED) is 0.848. The summed E-state index contributed by atoms with van der Waals surface area (Å²) in [4.78, 5) is 3.90. The zero-order chi connectivity index (χ0) is 15.6. The number of aryl methyl sites for hydroxylation is 1. The van der Waals surface area contributed by atoms with Gasteiger partial charge in [0, 0.05) is 16.6 Å². The van der Waals surface area contributed by atoms with Crippen molar-refractivity contribution in [3.8, 4) is 0 Å². The fourth-order valence-corrected chi connectivity index (χ4v) is 5.03. The number of halogens is 3. The van der Waals surface area contributed by atoms with Crippen LogP contribution in [0, 0.1) is 6.92 Å². The number of hydrogen-bond donors (Lipinski definition) is 1. The normalized spacial score (nSPS) is 11.8. The van der Waals surface area contributed by atoms with Crippen LogP contribution in [0.4, 0.5) is 0 Å². The molecule has 0 aliphatic carbocycles. The van der Waals surface area contributed by atoms with Gasteiger partial charge in [-0.2, -0.15) is 0 Å². The summed E-state index contributed by atoms with van der Waals surface area (Å²) >= 11 is 18.5. The second-order valence-corrected chi connectivity index (χ2v) is 8.61. The van der Waals surface area contributed by atoms with Crippen molar-refractivity contribution in [2.24, 2.45) is 0 Å². The molecule has 2 rings (SSSR count). The largest absolute Gasteiger partial charge is 0.251 e. The lowest BCUT2D eigenvalue weighted by molar-refractivity contribution is 0.583. The molecule has 0 saturated carbocycles. The lowest BCUT2D eigenvalue weighted by Gasteiger charge is -2.07. The standard InChI is InChI=1S/C12H11Cl3N2O2S2/c1-7-11(20-12(15)17-7)21(18,19)16-5-4-8-2-3-9(13)6-10(8)14/h2-3,6,16H,4-5H2,1H3. The van der Waals surface area contributed by atoms with Gasteiger partial charge in [0.15, 0.2) is 8.68 Å². The topological polar surface area (TPSA) is 59.1 Å². The lowest BCUT2D eigenvalue weighted by atomic mass is 10.1. The van der Waals surface area contributed by atoms with Crippen molar-refractivity contribution in [1.29, 1.82) is 0 Å². The van der Waals surface area contributed by atoms with Gasteiger partial charge in [-0.05, 0) is 31.0 Å². The van der Waals surface area contributed by atoms with Crippen molar-refractivity contribution in [2.75, 3.05) is 6.54 Å². The highest BCUT2D eigenvalue weighted by Crippen LogP contribution is 2.26. The Labute approximate surface area is 142 Å². The maximum Gasteiger partial charge on any atom is 0.251 e. The highest BCUT2D eigenvalue weighted by atomic mass is 35.5. The number of hydrogen-bond acceptors (Lipinski definition) is 4. The predicted octanol–water partition coefficient (Wildman–Crippen LogP) is 3.93. The van der Waals surface area contributed by atoms with Crippen LogP contribution in [-0.4, -0.2) is 19.9 Å². The van der Waals surface area contributed by atoms with E-state index in [2.05, 4.69) is 9.71 Å². The molecule has 4 nitrogen and oxygen atoms in total. The Bertz CT molecular complexity index is 760. The SMILES string of the molecule is Cc1nc(Cl)sc1S(=O)(=O)NCCc1ccc(Cl)cc1Cl. The van der Waals surface area contributed by atoms with E-state index in [1.807, 2.05) is 0 Å². The number of nitrogens with one attached hydrogen (secondary N) is 1. The Hall–Kier alpha value is -0.370. The van der Waals surface area contributed by atoms with Crippen LogP contribution < -0.4 is 4.72 Å². The Morgan fingerprint density at radius 3 is 2.57 bits per heavy atom. The van der Waals surface area contributed by atoms with Crippen molar-refractivity contribution >= 4 is 56.2 Å². The molecule has 0 aliphatic heterocycles. The highest BCUT2D eigenvalue weighted by Gasteiger charge is 2.20. The Balaban J connectivity index is 2.04. The summed E-state index contributed by atoms with van der Waals surface area (Å²) in [5.41, 5.74) is 1.21. The molecule has 2 aromatic rings. The summed E-state index contributed by atoms with van der Waals surface area (Å²) in [6, 6.07) is 5.11. The van der Waals surface area contributed by atoms with Gasteiger partial charge in [0.2, 0.25) is 0 Å². The van der Waals surface area contributed by atoms with Gasteiger partial charge in [-0.25, -0.2) is 18.1 Å². The van der Waals surface area contributed by atoms with Crippen LogP contribution >= 0.6 is 46.1 Å². The molecule has 1 aromatic carbocycles. The summed E-state index contributed by atoms with van der Waals surface area (Å²) in [6.45, 7) is 1.83. The second-order valence-electron chi connectivity index (χ2n) is 4.22. The van der Waals surface area contributed by atoms with E-state index in [1.165, 1.54) is 0 Å². The zero-order valence-corrected chi connectivity index (χ0v) is 14.8. The van der Waals surface area contributed by atoms with Crippen LogP contribution in [0.2, 0.25) is 14.5 Å². The molecule has 1 N–H and O–H groups in total. The van der Waals surface area contributed by atoms with E-state index >= 15 is 0 Å². The Kier molecular flexibility index (Phi) is 5.51. The molecular weight excluding hydrogens is 375 g/mol. The van der Waals surface area contributed by atoms with Gasteiger partial charge >= 0.3 is 0 Å². The molecule has 0 unspecified atom stereocenters. The molecule has 0 aliphatic rings. The smallest absolute Gasteiger partial charge is 0.229 e. The average Bonchev–Trinajstić information content (AvgIpc) is 2.72. The van der Waals surface area contributed by atoms with Crippen molar-refractivity contribution in [3.63, 3.8) is 0 Å². The summed E-state index contributed by atoms with van der Waals surface area (Å²) in [7, 11) is -3.61. The van der Waals surface area contributed by atoms with Crippen molar-refractivity contribution in [3.05, 3.63) is 44.0 Å². The van der Waals surface area contributed by atoms with Crippen LogP contribution in [0.5, 0.6) is 0 Å². The number of nitrogens with zero attached hydrogens (tertiary/aromatic N) is 1. The molecule has 21 heavy (non-hydrogen) atoms. The summed E-state index contributed by atoms with van der Waals surface area (Å²) in [6.07, 6.45) is 0.459. The van der Waals surface area contributed by atoms with E-state index in [0.29, 0.717) is 22.2 Å². The van der Waals surface area contributed by atoms with Gasteiger partial charge in [-0.3, -0.25) is 0 Å². The molecular formula is C12H11Cl3N2O2S2. The summed E-state index contributed by atoms with van der Waals surface area (Å²) in [5, 5.41) is 1.05. The van der Waals surface area contributed by atoms with E-state index < -0.39 is 10.0 Å². The number of sulfonamides is 1. The van der Waals surface area contributed by atoms with E-state index in [1.54, 1.807) is 25.1 Å². The first kappa shape index (κ1) is 17.0. The molecule has 0 saturated heterocycles. The van der Waals surface area contributed by atoms with E-state index in [4.69, 9.17) is 34.8 Å². The van der Waals surface area contributed by atoms with Gasteiger partial charge in [-0.15, -0.1) is 0 Å². The third kappa shape index (κ3) is 4.31. The second kappa shape index (κ2) is 6.81.